The van der Waals surface area contributed by atoms with Gasteiger partial charge in [-0.05, 0) is 13.8 Å². The van der Waals surface area contributed by atoms with Crippen molar-refractivity contribution in [1.29, 1.82) is 0 Å². The SMILES string of the molecule is Cc1nccnc1C(C)NC1COC1. The maximum Gasteiger partial charge on any atom is 0.0782 e. The van der Waals surface area contributed by atoms with Crippen LogP contribution in [-0.4, -0.2) is 29.2 Å². The highest BCUT2D eigenvalue weighted by atomic mass is 16.5. The van der Waals surface area contributed by atoms with Gasteiger partial charge in [-0.2, -0.15) is 0 Å². The van der Waals surface area contributed by atoms with Gasteiger partial charge in [-0.25, -0.2) is 0 Å². The number of aryl methyl sites for hydroxylation is 1. The second-order valence-electron chi connectivity index (χ2n) is 3.65. The van der Waals surface area contributed by atoms with E-state index in [2.05, 4.69) is 22.2 Å². The first-order chi connectivity index (χ1) is 6.77. The van der Waals surface area contributed by atoms with Gasteiger partial charge in [0.1, 0.15) is 0 Å². The summed E-state index contributed by atoms with van der Waals surface area (Å²) < 4.78 is 5.10. The van der Waals surface area contributed by atoms with E-state index in [0.29, 0.717) is 6.04 Å². The summed E-state index contributed by atoms with van der Waals surface area (Å²) in [5.41, 5.74) is 2.02. The molecule has 0 amide bonds. The van der Waals surface area contributed by atoms with Crippen molar-refractivity contribution >= 4 is 0 Å². The summed E-state index contributed by atoms with van der Waals surface area (Å²) in [4.78, 5) is 8.54. The van der Waals surface area contributed by atoms with Crippen molar-refractivity contribution in [2.75, 3.05) is 13.2 Å². The fraction of sp³-hybridized carbons (Fsp3) is 0.600. The molecule has 1 N–H and O–H groups in total. The molecule has 0 aliphatic carbocycles. The van der Waals surface area contributed by atoms with Gasteiger partial charge in [-0.1, -0.05) is 0 Å². The van der Waals surface area contributed by atoms with Gasteiger partial charge in [-0.3, -0.25) is 9.97 Å². The summed E-state index contributed by atoms with van der Waals surface area (Å²) in [5.74, 6) is 0. The van der Waals surface area contributed by atoms with E-state index >= 15 is 0 Å². The highest BCUT2D eigenvalue weighted by Gasteiger charge is 2.21. The predicted octanol–water partition coefficient (Wildman–Crippen LogP) is 0.834. The van der Waals surface area contributed by atoms with Crippen LogP contribution in [-0.2, 0) is 4.74 Å². The zero-order chi connectivity index (χ0) is 9.97. The average molecular weight is 193 g/mol. The second kappa shape index (κ2) is 4.02. The van der Waals surface area contributed by atoms with Crippen LogP contribution < -0.4 is 5.32 Å². The topological polar surface area (TPSA) is 47.0 Å². The molecule has 0 spiro atoms. The van der Waals surface area contributed by atoms with Gasteiger partial charge in [0.05, 0.1) is 30.6 Å². The Labute approximate surface area is 83.7 Å². The minimum absolute atomic E-state index is 0.248. The molecule has 1 saturated heterocycles. The summed E-state index contributed by atoms with van der Waals surface area (Å²) >= 11 is 0. The number of hydrogen-bond donors (Lipinski definition) is 1. The van der Waals surface area contributed by atoms with Crippen LogP contribution >= 0.6 is 0 Å². The first-order valence-electron chi connectivity index (χ1n) is 4.88. The van der Waals surface area contributed by atoms with E-state index in [1.807, 2.05) is 6.92 Å². The van der Waals surface area contributed by atoms with Gasteiger partial charge in [0.15, 0.2) is 0 Å². The molecule has 1 aliphatic heterocycles. The van der Waals surface area contributed by atoms with Crippen LogP contribution in [0.1, 0.15) is 24.4 Å². The molecule has 76 valence electrons. The molecule has 0 aromatic carbocycles. The van der Waals surface area contributed by atoms with Crippen LogP contribution in [0.5, 0.6) is 0 Å². The summed E-state index contributed by atoms with van der Waals surface area (Å²) in [6, 6.07) is 0.726. The number of nitrogens with zero attached hydrogens (tertiary/aromatic N) is 2. The molecule has 1 aliphatic rings. The van der Waals surface area contributed by atoms with Gasteiger partial charge in [0.2, 0.25) is 0 Å². The molecule has 0 bridgehead atoms. The minimum atomic E-state index is 0.248. The van der Waals surface area contributed by atoms with Crippen LogP contribution in [0.15, 0.2) is 12.4 Å². The normalized spacial score (nSPS) is 19.0. The lowest BCUT2D eigenvalue weighted by Crippen LogP contribution is -2.47. The van der Waals surface area contributed by atoms with Crippen molar-refractivity contribution in [2.45, 2.75) is 25.9 Å². The summed E-state index contributed by atoms with van der Waals surface area (Å²) in [7, 11) is 0. The van der Waals surface area contributed by atoms with Crippen molar-refractivity contribution in [3.05, 3.63) is 23.8 Å². The van der Waals surface area contributed by atoms with E-state index in [1.54, 1.807) is 12.4 Å². The number of hydrogen-bond acceptors (Lipinski definition) is 4. The fourth-order valence-corrected chi connectivity index (χ4v) is 1.61. The van der Waals surface area contributed by atoms with Crippen molar-refractivity contribution < 1.29 is 4.74 Å². The Bertz CT molecular complexity index is 312. The standard InChI is InChI=1S/C10H15N3O/c1-7-10(12-4-3-11-7)8(2)13-9-5-14-6-9/h3-4,8-9,13H,5-6H2,1-2H3. The highest BCUT2D eigenvalue weighted by Crippen LogP contribution is 2.14. The Morgan fingerprint density at radius 3 is 2.71 bits per heavy atom. The molecule has 14 heavy (non-hydrogen) atoms. The summed E-state index contributed by atoms with van der Waals surface area (Å²) in [5, 5.41) is 3.45. The third-order valence-electron chi connectivity index (χ3n) is 2.45. The molecule has 1 atom stereocenters. The van der Waals surface area contributed by atoms with E-state index < -0.39 is 0 Å². The smallest absolute Gasteiger partial charge is 0.0782 e. The lowest BCUT2D eigenvalue weighted by atomic mass is 10.1. The fourth-order valence-electron chi connectivity index (χ4n) is 1.61. The van der Waals surface area contributed by atoms with E-state index in [4.69, 9.17) is 4.74 Å². The molecular weight excluding hydrogens is 178 g/mol. The van der Waals surface area contributed by atoms with Crippen LogP contribution in [0, 0.1) is 6.92 Å². The zero-order valence-electron chi connectivity index (χ0n) is 8.53. The molecule has 1 aromatic heterocycles. The van der Waals surface area contributed by atoms with Crippen molar-refractivity contribution in [3.63, 3.8) is 0 Å². The quantitative estimate of drug-likeness (QED) is 0.772. The van der Waals surface area contributed by atoms with E-state index in [0.717, 1.165) is 24.6 Å². The average Bonchev–Trinajstić information content (AvgIpc) is 2.12. The maximum absolute atomic E-state index is 5.10. The molecular formula is C10H15N3O. The largest absolute Gasteiger partial charge is 0.378 e. The van der Waals surface area contributed by atoms with Crippen molar-refractivity contribution in [3.8, 4) is 0 Å². The Hall–Kier alpha value is -1.00. The second-order valence-corrected chi connectivity index (χ2v) is 3.65. The van der Waals surface area contributed by atoms with Gasteiger partial charge >= 0.3 is 0 Å². The van der Waals surface area contributed by atoms with Crippen molar-refractivity contribution in [1.82, 2.24) is 15.3 Å². The van der Waals surface area contributed by atoms with Gasteiger partial charge in [0, 0.05) is 18.4 Å². The first kappa shape index (κ1) is 9.55. The van der Waals surface area contributed by atoms with Gasteiger partial charge < -0.3 is 10.1 Å². The number of nitrogens with one attached hydrogen (secondary N) is 1. The Balaban J connectivity index is 2.02. The van der Waals surface area contributed by atoms with E-state index in [1.165, 1.54) is 0 Å². The lowest BCUT2D eigenvalue weighted by molar-refractivity contribution is -0.00948. The Morgan fingerprint density at radius 1 is 1.43 bits per heavy atom. The number of rotatable bonds is 3. The molecule has 4 heteroatoms. The van der Waals surface area contributed by atoms with Crippen LogP contribution in [0.2, 0.25) is 0 Å². The highest BCUT2D eigenvalue weighted by molar-refractivity contribution is 5.12. The molecule has 1 unspecified atom stereocenters. The monoisotopic (exact) mass is 193 g/mol. The molecule has 4 nitrogen and oxygen atoms in total. The number of ether oxygens (including phenoxy) is 1. The molecule has 2 rings (SSSR count). The lowest BCUT2D eigenvalue weighted by Gasteiger charge is -2.30. The summed E-state index contributed by atoms with van der Waals surface area (Å²) in [6.07, 6.45) is 3.45. The molecule has 0 saturated carbocycles. The van der Waals surface area contributed by atoms with Crippen LogP contribution in [0.3, 0.4) is 0 Å². The molecule has 2 heterocycles. The molecule has 1 aromatic rings. The Kier molecular flexibility index (Phi) is 2.74. The number of aromatic nitrogens is 2. The van der Waals surface area contributed by atoms with E-state index in [9.17, 15) is 0 Å². The molecule has 0 radical (unpaired) electrons. The van der Waals surface area contributed by atoms with Crippen LogP contribution in [0.25, 0.3) is 0 Å². The van der Waals surface area contributed by atoms with Gasteiger partial charge in [-0.15, -0.1) is 0 Å². The maximum atomic E-state index is 5.10. The zero-order valence-corrected chi connectivity index (χ0v) is 8.53. The van der Waals surface area contributed by atoms with E-state index in [-0.39, 0.29) is 6.04 Å². The third kappa shape index (κ3) is 1.91. The van der Waals surface area contributed by atoms with Gasteiger partial charge in [0.25, 0.3) is 0 Å². The predicted molar refractivity (Wildman–Crippen MR) is 52.9 cm³/mol. The summed E-state index contributed by atoms with van der Waals surface area (Å²) in [6.45, 7) is 5.71. The third-order valence-corrected chi connectivity index (χ3v) is 2.45. The minimum Gasteiger partial charge on any atom is -0.378 e. The molecule has 1 fully saturated rings. The van der Waals surface area contributed by atoms with Crippen LogP contribution in [0.4, 0.5) is 0 Å². The Morgan fingerprint density at radius 2 is 2.14 bits per heavy atom. The van der Waals surface area contributed by atoms with Crippen molar-refractivity contribution in [2.24, 2.45) is 0 Å². The first-order valence-corrected chi connectivity index (χ1v) is 4.88.